The zero-order valence-corrected chi connectivity index (χ0v) is 20.8. The van der Waals surface area contributed by atoms with Crippen molar-refractivity contribution in [3.05, 3.63) is 57.1 Å². The van der Waals surface area contributed by atoms with Gasteiger partial charge >= 0.3 is 5.69 Å². The highest BCUT2D eigenvalue weighted by Crippen LogP contribution is 2.36. The van der Waals surface area contributed by atoms with Crippen LogP contribution in [0.2, 0.25) is 0 Å². The van der Waals surface area contributed by atoms with Crippen molar-refractivity contribution >= 4 is 27.2 Å². The van der Waals surface area contributed by atoms with Crippen LogP contribution in [-0.4, -0.2) is 57.5 Å². The molecule has 0 saturated heterocycles. The molecule has 4 aromatic rings. The van der Waals surface area contributed by atoms with E-state index < -0.39 is 0 Å². The van der Waals surface area contributed by atoms with Crippen LogP contribution in [-0.2, 0) is 24.2 Å². The molecule has 5 rings (SSSR count). The van der Waals surface area contributed by atoms with Gasteiger partial charge in [-0.25, -0.2) is 9.78 Å². The first-order valence-electron chi connectivity index (χ1n) is 11.9. The Morgan fingerprint density at radius 2 is 2.06 bits per heavy atom. The molecule has 180 valence electrons. The molecule has 1 aromatic carbocycles. The first kappa shape index (κ1) is 23.0. The maximum Gasteiger partial charge on any atom is 0.352 e. The van der Waals surface area contributed by atoms with Crippen LogP contribution in [0.3, 0.4) is 0 Å². The first-order valence-corrected chi connectivity index (χ1v) is 12.7. The molecule has 0 amide bonds. The van der Waals surface area contributed by atoms with E-state index >= 15 is 0 Å². The minimum Gasteiger partial charge on any atom is -0.497 e. The number of thiophene rings is 1. The van der Waals surface area contributed by atoms with Gasteiger partial charge < -0.3 is 9.47 Å². The minimum atomic E-state index is -0.158. The maximum absolute atomic E-state index is 13.4. The molecule has 0 saturated carbocycles. The molecular formula is C25H31N5O3S. The summed E-state index contributed by atoms with van der Waals surface area (Å²) in [4.78, 5) is 22.7. The van der Waals surface area contributed by atoms with E-state index in [9.17, 15) is 4.79 Å². The zero-order chi connectivity index (χ0) is 23.7. The van der Waals surface area contributed by atoms with E-state index in [1.54, 1.807) is 18.4 Å². The molecule has 0 N–H and O–H groups in total. The molecule has 0 fully saturated rings. The van der Waals surface area contributed by atoms with Gasteiger partial charge in [-0.3, -0.25) is 9.47 Å². The number of benzene rings is 1. The molecule has 1 atom stereocenters. The topological polar surface area (TPSA) is 73.9 Å². The molecular weight excluding hydrogens is 450 g/mol. The van der Waals surface area contributed by atoms with Gasteiger partial charge in [0.25, 0.3) is 0 Å². The van der Waals surface area contributed by atoms with E-state index in [0.29, 0.717) is 18.1 Å². The minimum absolute atomic E-state index is 0.158. The molecule has 0 bridgehead atoms. The normalized spacial score (nSPS) is 15.5. The summed E-state index contributed by atoms with van der Waals surface area (Å²) < 4.78 is 14.2. The lowest BCUT2D eigenvalue weighted by molar-refractivity contribution is 0.0953. The number of hydrogen-bond donors (Lipinski definition) is 0. The fourth-order valence-corrected chi connectivity index (χ4v) is 6.22. The van der Waals surface area contributed by atoms with Crippen molar-refractivity contribution in [2.45, 2.75) is 39.8 Å². The molecule has 1 aliphatic rings. The van der Waals surface area contributed by atoms with Gasteiger partial charge in [0.2, 0.25) is 0 Å². The van der Waals surface area contributed by atoms with E-state index in [-0.39, 0.29) is 5.69 Å². The summed E-state index contributed by atoms with van der Waals surface area (Å²) in [7, 11) is 1.65. The quantitative estimate of drug-likeness (QED) is 0.383. The smallest absolute Gasteiger partial charge is 0.352 e. The molecule has 1 aliphatic heterocycles. The number of ether oxygens (including phenoxy) is 2. The Balaban J connectivity index is 1.55. The average molecular weight is 482 g/mol. The lowest BCUT2D eigenvalue weighted by atomic mass is 10.1. The van der Waals surface area contributed by atoms with Crippen LogP contribution < -0.4 is 10.4 Å². The molecule has 0 radical (unpaired) electrons. The summed E-state index contributed by atoms with van der Waals surface area (Å²) in [5.74, 6) is 1.28. The van der Waals surface area contributed by atoms with Gasteiger partial charge in [0.1, 0.15) is 16.9 Å². The molecule has 34 heavy (non-hydrogen) atoms. The molecule has 4 heterocycles. The van der Waals surface area contributed by atoms with Gasteiger partial charge in [-0.2, -0.15) is 9.61 Å². The van der Waals surface area contributed by atoms with Crippen LogP contribution in [0.15, 0.2) is 35.4 Å². The van der Waals surface area contributed by atoms with Crippen LogP contribution in [0.5, 0.6) is 5.75 Å². The highest BCUT2D eigenvalue weighted by atomic mass is 32.1. The van der Waals surface area contributed by atoms with Gasteiger partial charge in [0.15, 0.2) is 5.65 Å². The maximum atomic E-state index is 13.4. The highest BCUT2D eigenvalue weighted by Gasteiger charge is 2.25. The Kier molecular flexibility index (Phi) is 6.67. The van der Waals surface area contributed by atoms with Crippen molar-refractivity contribution in [2.75, 3.05) is 33.4 Å². The fourth-order valence-electron chi connectivity index (χ4n) is 4.85. The monoisotopic (exact) mass is 481 g/mol. The second kappa shape index (κ2) is 9.85. The number of fused-ring (bicyclic) bond motifs is 5. The van der Waals surface area contributed by atoms with Crippen LogP contribution in [0.25, 0.3) is 15.9 Å². The predicted octanol–water partition coefficient (Wildman–Crippen LogP) is 3.58. The Hall–Kier alpha value is -2.75. The fraction of sp³-hybridized carbons (Fsp3) is 0.480. The third-order valence-corrected chi connectivity index (χ3v) is 7.68. The van der Waals surface area contributed by atoms with Gasteiger partial charge in [0, 0.05) is 24.6 Å². The Labute approximate surface area is 202 Å². The number of hydrogen-bond acceptors (Lipinski definition) is 7. The molecule has 9 heteroatoms. The van der Waals surface area contributed by atoms with Gasteiger partial charge in [0.05, 0.1) is 25.6 Å². The van der Waals surface area contributed by atoms with Crippen LogP contribution in [0, 0.1) is 5.92 Å². The van der Waals surface area contributed by atoms with Gasteiger partial charge in [-0.05, 0) is 55.5 Å². The van der Waals surface area contributed by atoms with E-state index in [1.165, 1.54) is 21.3 Å². The van der Waals surface area contributed by atoms with E-state index in [2.05, 4.69) is 21.9 Å². The molecule has 0 spiro atoms. The summed E-state index contributed by atoms with van der Waals surface area (Å²) >= 11 is 1.73. The molecule has 0 aliphatic carbocycles. The summed E-state index contributed by atoms with van der Waals surface area (Å²) in [5.41, 5.74) is 2.87. The first-order chi connectivity index (χ1) is 16.6. The van der Waals surface area contributed by atoms with Crippen LogP contribution in [0.1, 0.15) is 36.3 Å². The number of rotatable bonds is 8. The summed E-state index contributed by atoms with van der Waals surface area (Å²) in [6.07, 6.45) is 3.55. The summed E-state index contributed by atoms with van der Waals surface area (Å²) in [5, 5.41) is 5.34. The van der Waals surface area contributed by atoms with Crippen molar-refractivity contribution in [3.8, 4) is 5.75 Å². The highest BCUT2D eigenvalue weighted by molar-refractivity contribution is 7.19. The third kappa shape index (κ3) is 4.35. The SMILES string of the molecule is CCOCC(C)CN1CCCc2c(sc3c2c2ncnn2c(=O)n3Cc2ccc(OC)cc2)C1. The molecule has 3 aromatic heterocycles. The van der Waals surface area contributed by atoms with Crippen molar-refractivity contribution in [1.29, 1.82) is 0 Å². The standard InChI is InChI=1S/C25H31N5O3S/c1-4-33-15-17(2)12-28-11-5-6-20-21(14-28)34-24-22(20)23-26-16-27-30(23)25(31)29(24)13-18-7-9-19(32-3)10-8-18/h7-10,16-17H,4-6,11-15H2,1-3H3. The van der Waals surface area contributed by atoms with E-state index in [1.807, 2.05) is 35.8 Å². The predicted molar refractivity (Wildman–Crippen MR) is 134 cm³/mol. The lowest BCUT2D eigenvalue weighted by Gasteiger charge is -2.23. The summed E-state index contributed by atoms with van der Waals surface area (Å²) in [6.45, 7) is 9.27. The number of aryl methyl sites for hydroxylation is 1. The number of nitrogens with zero attached hydrogens (tertiary/aromatic N) is 5. The second-order valence-corrected chi connectivity index (χ2v) is 10.1. The number of aromatic nitrogens is 4. The second-order valence-electron chi connectivity index (χ2n) is 9.00. The van der Waals surface area contributed by atoms with Gasteiger partial charge in [-0.15, -0.1) is 11.3 Å². The van der Waals surface area contributed by atoms with Crippen LogP contribution in [0.4, 0.5) is 0 Å². The lowest BCUT2D eigenvalue weighted by Crippen LogP contribution is -2.30. The average Bonchev–Trinajstić information content (AvgIpc) is 3.41. The largest absolute Gasteiger partial charge is 0.497 e. The van der Waals surface area contributed by atoms with Crippen molar-refractivity contribution < 1.29 is 9.47 Å². The van der Waals surface area contributed by atoms with Crippen molar-refractivity contribution in [3.63, 3.8) is 0 Å². The Morgan fingerprint density at radius 1 is 1.24 bits per heavy atom. The zero-order valence-electron chi connectivity index (χ0n) is 20.0. The number of methoxy groups -OCH3 is 1. The summed E-state index contributed by atoms with van der Waals surface area (Å²) in [6, 6.07) is 7.86. The molecule has 8 nitrogen and oxygen atoms in total. The third-order valence-electron chi connectivity index (χ3n) is 6.45. The Morgan fingerprint density at radius 3 is 2.82 bits per heavy atom. The van der Waals surface area contributed by atoms with E-state index in [0.717, 1.165) is 67.2 Å². The van der Waals surface area contributed by atoms with Crippen molar-refractivity contribution in [2.24, 2.45) is 5.92 Å². The Bertz CT molecular complexity index is 1340. The molecule has 1 unspecified atom stereocenters. The van der Waals surface area contributed by atoms with E-state index in [4.69, 9.17) is 9.47 Å². The van der Waals surface area contributed by atoms with Crippen LogP contribution >= 0.6 is 11.3 Å². The van der Waals surface area contributed by atoms with Crippen molar-refractivity contribution in [1.82, 2.24) is 24.1 Å². The van der Waals surface area contributed by atoms with Gasteiger partial charge in [-0.1, -0.05) is 19.1 Å².